The third-order valence-electron chi connectivity index (χ3n) is 3.09. The molecule has 1 aromatic rings. The number of nitrogens with zero attached hydrogens (tertiary/aromatic N) is 3. The van der Waals surface area contributed by atoms with Gasteiger partial charge in [-0.05, 0) is 18.7 Å². The Hall–Kier alpha value is -1.00. The highest BCUT2D eigenvalue weighted by atomic mass is 19.1. The number of piperazine rings is 1. The van der Waals surface area contributed by atoms with Gasteiger partial charge in [0.05, 0.1) is 11.9 Å². The standard InChI is InChI=1S/C12H18FN3/c1-2-15-5-7-16(8-6-15)10-12-4-3-11(13)9-14-12/h3-4,9H,2,5-8,10H2,1H3. The van der Waals surface area contributed by atoms with Crippen LogP contribution in [-0.2, 0) is 6.54 Å². The summed E-state index contributed by atoms with van der Waals surface area (Å²) in [6.45, 7) is 8.55. The van der Waals surface area contributed by atoms with Gasteiger partial charge in [0.25, 0.3) is 0 Å². The summed E-state index contributed by atoms with van der Waals surface area (Å²) in [7, 11) is 0. The first-order valence-electron chi connectivity index (χ1n) is 5.83. The van der Waals surface area contributed by atoms with Gasteiger partial charge in [-0.2, -0.15) is 0 Å². The van der Waals surface area contributed by atoms with Crippen LogP contribution < -0.4 is 0 Å². The Kier molecular flexibility index (Phi) is 3.85. The van der Waals surface area contributed by atoms with Gasteiger partial charge in [-0.1, -0.05) is 6.92 Å². The van der Waals surface area contributed by atoms with Crippen LogP contribution in [0.2, 0.25) is 0 Å². The molecule has 0 N–H and O–H groups in total. The summed E-state index contributed by atoms with van der Waals surface area (Å²) in [4.78, 5) is 8.89. The van der Waals surface area contributed by atoms with E-state index in [0.717, 1.165) is 45.0 Å². The van der Waals surface area contributed by atoms with Crippen molar-refractivity contribution in [3.63, 3.8) is 0 Å². The Bertz CT molecular complexity index is 318. The van der Waals surface area contributed by atoms with E-state index in [1.807, 2.05) is 0 Å². The zero-order valence-electron chi connectivity index (χ0n) is 9.69. The van der Waals surface area contributed by atoms with Crippen molar-refractivity contribution in [2.75, 3.05) is 32.7 Å². The van der Waals surface area contributed by atoms with E-state index in [-0.39, 0.29) is 5.82 Å². The zero-order chi connectivity index (χ0) is 11.4. The van der Waals surface area contributed by atoms with E-state index < -0.39 is 0 Å². The second-order valence-electron chi connectivity index (χ2n) is 4.18. The van der Waals surface area contributed by atoms with E-state index in [1.54, 1.807) is 6.07 Å². The Balaban J connectivity index is 1.84. The van der Waals surface area contributed by atoms with E-state index in [0.29, 0.717) is 0 Å². The molecule has 0 unspecified atom stereocenters. The first-order valence-corrected chi connectivity index (χ1v) is 5.83. The van der Waals surface area contributed by atoms with Gasteiger partial charge in [0, 0.05) is 32.7 Å². The predicted octanol–water partition coefficient (Wildman–Crippen LogP) is 1.36. The molecule has 16 heavy (non-hydrogen) atoms. The molecule has 1 aliphatic rings. The van der Waals surface area contributed by atoms with Crippen LogP contribution in [0.15, 0.2) is 18.3 Å². The van der Waals surface area contributed by atoms with Gasteiger partial charge in [-0.15, -0.1) is 0 Å². The average Bonchev–Trinajstić information content (AvgIpc) is 2.33. The topological polar surface area (TPSA) is 19.4 Å². The van der Waals surface area contributed by atoms with Crippen LogP contribution >= 0.6 is 0 Å². The number of hydrogen-bond donors (Lipinski definition) is 0. The highest BCUT2D eigenvalue weighted by molar-refractivity contribution is 5.05. The van der Waals surface area contributed by atoms with Crippen molar-refractivity contribution in [3.8, 4) is 0 Å². The molecule has 0 atom stereocenters. The van der Waals surface area contributed by atoms with Gasteiger partial charge >= 0.3 is 0 Å². The van der Waals surface area contributed by atoms with E-state index in [2.05, 4.69) is 21.7 Å². The molecule has 0 saturated carbocycles. The third kappa shape index (κ3) is 3.00. The van der Waals surface area contributed by atoms with E-state index in [1.165, 1.54) is 12.3 Å². The van der Waals surface area contributed by atoms with Gasteiger partial charge in [0.1, 0.15) is 5.82 Å². The molecule has 0 bridgehead atoms. The smallest absolute Gasteiger partial charge is 0.141 e. The van der Waals surface area contributed by atoms with Crippen LogP contribution in [0.4, 0.5) is 4.39 Å². The molecule has 1 saturated heterocycles. The Morgan fingerprint density at radius 3 is 2.44 bits per heavy atom. The quantitative estimate of drug-likeness (QED) is 0.771. The summed E-state index contributed by atoms with van der Waals surface area (Å²) >= 11 is 0. The van der Waals surface area contributed by atoms with Crippen molar-refractivity contribution in [1.82, 2.24) is 14.8 Å². The largest absolute Gasteiger partial charge is 0.301 e. The van der Waals surface area contributed by atoms with Crippen LogP contribution in [0.3, 0.4) is 0 Å². The Morgan fingerprint density at radius 2 is 1.88 bits per heavy atom. The molecule has 2 heterocycles. The highest BCUT2D eigenvalue weighted by Crippen LogP contribution is 2.06. The fraction of sp³-hybridized carbons (Fsp3) is 0.583. The molecule has 0 amide bonds. The molecule has 0 spiro atoms. The number of rotatable bonds is 3. The van der Waals surface area contributed by atoms with Crippen molar-refractivity contribution < 1.29 is 4.39 Å². The van der Waals surface area contributed by atoms with Crippen LogP contribution in [0.25, 0.3) is 0 Å². The molecule has 2 rings (SSSR count). The van der Waals surface area contributed by atoms with E-state index in [4.69, 9.17) is 0 Å². The summed E-state index contributed by atoms with van der Waals surface area (Å²) in [5.41, 5.74) is 0.950. The molecule has 1 aliphatic heterocycles. The fourth-order valence-corrected chi connectivity index (χ4v) is 1.99. The lowest BCUT2D eigenvalue weighted by atomic mass is 10.2. The zero-order valence-corrected chi connectivity index (χ0v) is 9.69. The second kappa shape index (κ2) is 5.37. The number of hydrogen-bond acceptors (Lipinski definition) is 3. The third-order valence-corrected chi connectivity index (χ3v) is 3.09. The van der Waals surface area contributed by atoms with Crippen LogP contribution in [0.1, 0.15) is 12.6 Å². The van der Waals surface area contributed by atoms with Gasteiger partial charge in [0.15, 0.2) is 0 Å². The van der Waals surface area contributed by atoms with E-state index >= 15 is 0 Å². The normalized spacial score (nSPS) is 18.9. The molecular formula is C12H18FN3. The first-order chi connectivity index (χ1) is 7.78. The summed E-state index contributed by atoms with van der Waals surface area (Å²) < 4.78 is 12.7. The van der Waals surface area contributed by atoms with Crippen molar-refractivity contribution in [1.29, 1.82) is 0 Å². The van der Waals surface area contributed by atoms with Gasteiger partial charge in [0.2, 0.25) is 0 Å². The molecule has 0 aliphatic carbocycles. The van der Waals surface area contributed by atoms with Crippen molar-refractivity contribution >= 4 is 0 Å². The van der Waals surface area contributed by atoms with Crippen molar-refractivity contribution in [2.45, 2.75) is 13.5 Å². The lowest BCUT2D eigenvalue weighted by Gasteiger charge is -2.33. The minimum absolute atomic E-state index is 0.264. The minimum Gasteiger partial charge on any atom is -0.301 e. The number of pyridine rings is 1. The maximum Gasteiger partial charge on any atom is 0.141 e. The molecule has 4 heteroatoms. The Morgan fingerprint density at radius 1 is 1.19 bits per heavy atom. The monoisotopic (exact) mass is 223 g/mol. The highest BCUT2D eigenvalue weighted by Gasteiger charge is 2.15. The van der Waals surface area contributed by atoms with Crippen LogP contribution in [0.5, 0.6) is 0 Å². The summed E-state index contributed by atoms with van der Waals surface area (Å²) in [5, 5.41) is 0. The average molecular weight is 223 g/mol. The number of aromatic nitrogens is 1. The minimum atomic E-state index is -0.264. The first kappa shape index (κ1) is 11.5. The van der Waals surface area contributed by atoms with Crippen molar-refractivity contribution in [2.24, 2.45) is 0 Å². The van der Waals surface area contributed by atoms with Crippen molar-refractivity contribution in [3.05, 3.63) is 29.8 Å². The fourth-order valence-electron chi connectivity index (χ4n) is 1.99. The SMILES string of the molecule is CCN1CCN(Cc2ccc(F)cn2)CC1. The molecule has 0 radical (unpaired) electrons. The molecule has 1 aromatic heterocycles. The molecule has 3 nitrogen and oxygen atoms in total. The predicted molar refractivity (Wildman–Crippen MR) is 61.6 cm³/mol. The Labute approximate surface area is 95.9 Å². The molecule has 88 valence electrons. The summed E-state index contributed by atoms with van der Waals surface area (Å²) in [6.07, 6.45) is 1.29. The lowest BCUT2D eigenvalue weighted by molar-refractivity contribution is 0.131. The molecule has 1 fully saturated rings. The summed E-state index contributed by atoms with van der Waals surface area (Å²) in [6, 6.07) is 3.24. The van der Waals surface area contributed by atoms with E-state index in [9.17, 15) is 4.39 Å². The summed E-state index contributed by atoms with van der Waals surface area (Å²) in [5.74, 6) is -0.264. The maximum absolute atomic E-state index is 12.7. The molecular weight excluding hydrogens is 205 g/mol. The van der Waals surface area contributed by atoms with Gasteiger partial charge in [-0.25, -0.2) is 4.39 Å². The number of likely N-dealkylation sites (N-methyl/N-ethyl adjacent to an activating group) is 1. The van der Waals surface area contributed by atoms with Gasteiger partial charge in [-0.3, -0.25) is 9.88 Å². The second-order valence-corrected chi connectivity index (χ2v) is 4.18. The van der Waals surface area contributed by atoms with Crippen LogP contribution in [0, 0.1) is 5.82 Å². The number of halogens is 1. The lowest BCUT2D eigenvalue weighted by Crippen LogP contribution is -2.45. The maximum atomic E-state index is 12.7. The molecule has 0 aromatic carbocycles. The van der Waals surface area contributed by atoms with Gasteiger partial charge < -0.3 is 4.90 Å². The van der Waals surface area contributed by atoms with Crippen LogP contribution in [-0.4, -0.2) is 47.5 Å².